The molecule has 0 radical (unpaired) electrons. The quantitative estimate of drug-likeness (QED) is 0.627. The first kappa shape index (κ1) is 23.9. The summed E-state index contributed by atoms with van der Waals surface area (Å²) < 4.78 is 39.1. The molecule has 2 aliphatic heterocycles. The van der Waals surface area contributed by atoms with Gasteiger partial charge in [-0.25, -0.2) is 8.42 Å². The number of nitrogens with zero attached hydrogens (tertiary/aromatic N) is 1. The molecular weight excluding hydrogens is 464 g/mol. The summed E-state index contributed by atoms with van der Waals surface area (Å²) in [5, 5.41) is 3.04. The molecule has 33 heavy (non-hydrogen) atoms. The number of benzene rings is 2. The molecule has 178 valence electrons. The number of piperidine rings is 1. The maximum absolute atomic E-state index is 13.0. The molecule has 2 aliphatic rings. The third-order valence-electron chi connectivity index (χ3n) is 5.95. The van der Waals surface area contributed by atoms with Crippen LogP contribution in [0.25, 0.3) is 0 Å². The molecule has 1 fully saturated rings. The van der Waals surface area contributed by atoms with Crippen LogP contribution in [-0.4, -0.2) is 44.4 Å². The lowest BCUT2D eigenvalue weighted by molar-refractivity contribution is 0.0950. The normalized spacial score (nSPS) is 18.5. The third-order valence-corrected chi connectivity index (χ3v) is 8.18. The lowest BCUT2D eigenvalue weighted by Gasteiger charge is -2.26. The van der Waals surface area contributed by atoms with Gasteiger partial charge in [0.15, 0.2) is 0 Å². The van der Waals surface area contributed by atoms with Gasteiger partial charge in [0.1, 0.15) is 17.6 Å². The number of sulfonamides is 1. The summed E-state index contributed by atoms with van der Waals surface area (Å²) in [6.45, 7) is 5.59. The zero-order valence-corrected chi connectivity index (χ0v) is 20.5. The maximum atomic E-state index is 13.0. The highest BCUT2D eigenvalue weighted by atomic mass is 35.5. The number of nitrogens with one attached hydrogen (secondary N) is 1. The Balaban J connectivity index is 1.54. The topological polar surface area (TPSA) is 84.9 Å². The summed E-state index contributed by atoms with van der Waals surface area (Å²) in [5.41, 5.74) is 1.99. The molecule has 0 bridgehead atoms. The predicted octanol–water partition coefficient (Wildman–Crippen LogP) is 4.17. The zero-order valence-electron chi connectivity index (χ0n) is 18.9. The average Bonchev–Trinajstić information content (AvgIpc) is 3.17. The molecule has 1 atom stereocenters. The molecule has 2 aromatic carbocycles. The first-order valence-electron chi connectivity index (χ1n) is 11.3. The van der Waals surface area contributed by atoms with E-state index in [9.17, 15) is 13.2 Å². The van der Waals surface area contributed by atoms with E-state index in [-0.39, 0.29) is 28.1 Å². The smallest absolute Gasteiger partial charge is 0.253 e. The van der Waals surface area contributed by atoms with Crippen LogP contribution >= 0.6 is 11.6 Å². The van der Waals surface area contributed by atoms with Crippen molar-refractivity contribution in [1.82, 2.24) is 9.62 Å². The summed E-state index contributed by atoms with van der Waals surface area (Å²) in [6.07, 6.45) is 3.62. The van der Waals surface area contributed by atoms with Gasteiger partial charge in [0.25, 0.3) is 5.91 Å². The molecular formula is C24H29ClN2O5S. The van der Waals surface area contributed by atoms with Gasteiger partial charge >= 0.3 is 0 Å². The summed E-state index contributed by atoms with van der Waals surface area (Å²) in [5.74, 6) is 1.04. The fraction of sp³-hybridized carbons (Fsp3) is 0.458. The highest BCUT2D eigenvalue weighted by molar-refractivity contribution is 7.89. The largest absolute Gasteiger partial charge is 0.494 e. The van der Waals surface area contributed by atoms with Crippen LogP contribution in [0.1, 0.15) is 54.6 Å². The summed E-state index contributed by atoms with van der Waals surface area (Å²) >= 11 is 6.27. The van der Waals surface area contributed by atoms with E-state index in [4.69, 9.17) is 21.1 Å². The van der Waals surface area contributed by atoms with Gasteiger partial charge in [-0.1, -0.05) is 18.0 Å². The molecule has 1 amide bonds. The van der Waals surface area contributed by atoms with Crippen LogP contribution in [0.15, 0.2) is 35.2 Å². The number of ether oxygens (including phenoxy) is 2. The molecule has 0 aromatic heterocycles. The van der Waals surface area contributed by atoms with Gasteiger partial charge in [-0.2, -0.15) is 4.31 Å². The van der Waals surface area contributed by atoms with Crippen LogP contribution in [0, 0.1) is 0 Å². The molecule has 9 heteroatoms. The molecule has 0 saturated carbocycles. The maximum Gasteiger partial charge on any atom is 0.253 e. The Morgan fingerprint density at radius 2 is 1.97 bits per heavy atom. The van der Waals surface area contributed by atoms with E-state index in [0.29, 0.717) is 25.4 Å². The molecule has 1 N–H and O–H groups in total. The molecule has 2 aromatic rings. The summed E-state index contributed by atoms with van der Waals surface area (Å²) in [7, 11) is -3.67. The van der Waals surface area contributed by atoms with E-state index in [1.54, 1.807) is 0 Å². The zero-order chi connectivity index (χ0) is 23.6. The fourth-order valence-electron chi connectivity index (χ4n) is 4.27. The first-order valence-corrected chi connectivity index (χ1v) is 13.1. The second-order valence-electron chi connectivity index (χ2n) is 8.42. The number of amides is 1. The highest BCUT2D eigenvalue weighted by Crippen LogP contribution is 2.35. The van der Waals surface area contributed by atoms with Gasteiger partial charge in [0.05, 0.1) is 22.1 Å². The van der Waals surface area contributed by atoms with E-state index in [2.05, 4.69) is 5.32 Å². The lowest BCUT2D eigenvalue weighted by atomic mass is 10.1. The summed E-state index contributed by atoms with van der Waals surface area (Å²) in [6, 6.07) is 8.13. The van der Waals surface area contributed by atoms with Crippen LogP contribution in [0.5, 0.6) is 11.5 Å². The second-order valence-corrected chi connectivity index (χ2v) is 10.8. The van der Waals surface area contributed by atoms with E-state index >= 15 is 0 Å². The molecule has 7 nitrogen and oxygen atoms in total. The highest BCUT2D eigenvalue weighted by Gasteiger charge is 2.27. The monoisotopic (exact) mass is 492 g/mol. The predicted molar refractivity (Wildman–Crippen MR) is 127 cm³/mol. The van der Waals surface area contributed by atoms with Crippen molar-refractivity contribution < 1.29 is 22.7 Å². The van der Waals surface area contributed by atoms with Crippen molar-refractivity contribution in [3.05, 3.63) is 52.0 Å². The van der Waals surface area contributed by atoms with Crippen LogP contribution in [0.3, 0.4) is 0 Å². The molecule has 4 rings (SSSR count). The third kappa shape index (κ3) is 5.13. The minimum atomic E-state index is -3.67. The minimum absolute atomic E-state index is 0.0777. The molecule has 0 spiro atoms. The van der Waals surface area contributed by atoms with Crippen LogP contribution in [-0.2, 0) is 23.0 Å². The Kier molecular flexibility index (Phi) is 7.16. The number of hydrogen-bond acceptors (Lipinski definition) is 5. The van der Waals surface area contributed by atoms with Gasteiger partial charge in [0, 0.05) is 37.2 Å². The van der Waals surface area contributed by atoms with E-state index in [1.807, 2.05) is 26.0 Å². The number of rotatable bonds is 7. The SMILES string of the molecule is CCOc1cc2c(cc1CNC(=O)c1cc(S(=O)(=O)N3CCCCC3)ccc1Cl)OC(C)C2. The fourth-order valence-corrected chi connectivity index (χ4v) is 6.02. The Morgan fingerprint density at radius 3 is 2.70 bits per heavy atom. The molecule has 1 saturated heterocycles. The van der Waals surface area contributed by atoms with E-state index in [1.165, 1.54) is 22.5 Å². The number of hydrogen-bond donors (Lipinski definition) is 1. The Bertz CT molecular complexity index is 1150. The Morgan fingerprint density at radius 1 is 1.21 bits per heavy atom. The number of halogens is 1. The van der Waals surface area contributed by atoms with Gasteiger partial charge in [-0.3, -0.25) is 4.79 Å². The number of fused-ring (bicyclic) bond motifs is 1. The second kappa shape index (κ2) is 9.91. The van der Waals surface area contributed by atoms with Crippen LogP contribution < -0.4 is 14.8 Å². The molecule has 2 heterocycles. The Hall–Kier alpha value is -2.29. The van der Waals surface area contributed by atoms with Crippen molar-refractivity contribution in [2.75, 3.05) is 19.7 Å². The molecule has 1 unspecified atom stereocenters. The lowest BCUT2D eigenvalue weighted by Crippen LogP contribution is -2.35. The van der Waals surface area contributed by atoms with Gasteiger partial charge in [-0.15, -0.1) is 0 Å². The number of carbonyl (C=O) groups is 1. The van der Waals surface area contributed by atoms with E-state index < -0.39 is 15.9 Å². The van der Waals surface area contributed by atoms with Crippen molar-refractivity contribution in [1.29, 1.82) is 0 Å². The number of carbonyl (C=O) groups excluding carboxylic acids is 1. The van der Waals surface area contributed by atoms with Crippen molar-refractivity contribution >= 4 is 27.5 Å². The van der Waals surface area contributed by atoms with Gasteiger partial charge in [0.2, 0.25) is 10.0 Å². The van der Waals surface area contributed by atoms with Crippen molar-refractivity contribution in [3.63, 3.8) is 0 Å². The first-order chi connectivity index (χ1) is 15.8. The molecule has 0 aliphatic carbocycles. The van der Waals surface area contributed by atoms with Gasteiger partial charge in [-0.05, 0) is 57.0 Å². The van der Waals surface area contributed by atoms with Crippen LogP contribution in [0.2, 0.25) is 5.02 Å². The van der Waals surface area contributed by atoms with E-state index in [0.717, 1.165) is 42.6 Å². The Labute approximate surface area is 200 Å². The average molecular weight is 493 g/mol. The minimum Gasteiger partial charge on any atom is -0.494 e. The van der Waals surface area contributed by atoms with Crippen LogP contribution in [0.4, 0.5) is 0 Å². The van der Waals surface area contributed by atoms with Crippen molar-refractivity contribution in [3.8, 4) is 11.5 Å². The standard InChI is InChI=1S/C24H29ClN2O5S/c1-3-31-22-12-17-11-16(2)32-23(17)13-18(22)15-26-24(28)20-14-19(7-8-21(20)25)33(29,30)27-9-5-4-6-10-27/h7-8,12-14,16H,3-6,9-11,15H2,1-2H3,(H,26,28). The van der Waals surface area contributed by atoms with Crippen molar-refractivity contribution in [2.24, 2.45) is 0 Å². The van der Waals surface area contributed by atoms with Gasteiger partial charge < -0.3 is 14.8 Å². The van der Waals surface area contributed by atoms with Crippen molar-refractivity contribution in [2.45, 2.75) is 57.1 Å². The summed E-state index contributed by atoms with van der Waals surface area (Å²) in [4.78, 5) is 13.1.